The van der Waals surface area contributed by atoms with Crippen LogP contribution in [0.2, 0.25) is 0 Å². The van der Waals surface area contributed by atoms with E-state index in [-0.39, 0.29) is 0 Å². The molecule has 4 nitrogen and oxygen atoms in total. The van der Waals surface area contributed by atoms with Crippen molar-refractivity contribution in [3.05, 3.63) is 34.1 Å². The van der Waals surface area contributed by atoms with Crippen molar-refractivity contribution in [3.8, 4) is 11.5 Å². The highest BCUT2D eigenvalue weighted by molar-refractivity contribution is 9.10. The third-order valence-corrected chi connectivity index (χ3v) is 3.00. The second kappa shape index (κ2) is 5.42. The first-order valence-corrected chi connectivity index (χ1v) is 6.29. The SMILES string of the molecule is CCNCc1nnc(-c2ccc(C)cc2Br)o1. The van der Waals surface area contributed by atoms with Gasteiger partial charge >= 0.3 is 0 Å². The van der Waals surface area contributed by atoms with E-state index in [9.17, 15) is 0 Å². The lowest BCUT2D eigenvalue weighted by molar-refractivity contribution is 0.482. The second-order valence-corrected chi connectivity index (χ2v) is 4.62. The summed E-state index contributed by atoms with van der Waals surface area (Å²) in [4.78, 5) is 0. The van der Waals surface area contributed by atoms with Crippen LogP contribution in [-0.2, 0) is 6.54 Å². The van der Waals surface area contributed by atoms with Crippen LogP contribution in [0, 0.1) is 6.92 Å². The van der Waals surface area contributed by atoms with E-state index < -0.39 is 0 Å². The fourth-order valence-corrected chi connectivity index (χ4v) is 2.12. The molecular weight excluding hydrogens is 282 g/mol. The topological polar surface area (TPSA) is 51.0 Å². The molecule has 0 spiro atoms. The Morgan fingerprint density at radius 1 is 1.35 bits per heavy atom. The van der Waals surface area contributed by atoms with Crippen LogP contribution in [-0.4, -0.2) is 16.7 Å². The van der Waals surface area contributed by atoms with Crippen molar-refractivity contribution in [2.75, 3.05) is 6.54 Å². The number of hydrogen-bond acceptors (Lipinski definition) is 4. The minimum absolute atomic E-state index is 0.546. The highest BCUT2D eigenvalue weighted by Crippen LogP contribution is 2.27. The molecule has 0 radical (unpaired) electrons. The van der Waals surface area contributed by atoms with Crippen LogP contribution in [0.1, 0.15) is 18.4 Å². The molecule has 0 aliphatic heterocycles. The monoisotopic (exact) mass is 295 g/mol. The highest BCUT2D eigenvalue weighted by Gasteiger charge is 2.11. The first-order valence-electron chi connectivity index (χ1n) is 5.50. The Morgan fingerprint density at radius 3 is 2.88 bits per heavy atom. The normalized spacial score (nSPS) is 10.8. The number of aromatic nitrogens is 2. The second-order valence-electron chi connectivity index (χ2n) is 3.76. The molecule has 2 aromatic rings. The van der Waals surface area contributed by atoms with Crippen LogP contribution in [0.3, 0.4) is 0 Å². The first kappa shape index (κ1) is 12.3. The van der Waals surface area contributed by atoms with E-state index in [1.54, 1.807) is 0 Å². The summed E-state index contributed by atoms with van der Waals surface area (Å²) in [6.07, 6.45) is 0. The van der Waals surface area contributed by atoms with Gasteiger partial charge in [-0.15, -0.1) is 10.2 Å². The van der Waals surface area contributed by atoms with E-state index in [1.807, 2.05) is 32.0 Å². The van der Waals surface area contributed by atoms with Crippen molar-refractivity contribution >= 4 is 15.9 Å². The average molecular weight is 296 g/mol. The quantitative estimate of drug-likeness (QED) is 0.942. The minimum atomic E-state index is 0.546. The molecule has 0 aliphatic carbocycles. The average Bonchev–Trinajstić information content (AvgIpc) is 2.75. The maximum Gasteiger partial charge on any atom is 0.248 e. The molecule has 1 heterocycles. The fraction of sp³-hybridized carbons (Fsp3) is 0.333. The van der Waals surface area contributed by atoms with E-state index in [0.717, 1.165) is 16.6 Å². The summed E-state index contributed by atoms with van der Waals surface area (Å²) in [5.41, 5.74) is 2.11. The van der Waals surface area contributed by atoms with Crippen LogP contribution in [0.5, 0.6) is 0 Å². The minimum Gasteiger partial charge on any atom is -0.419 e. The molecule has 0 saturated heterocycles. The number of halogens is 1. The molecule has 0 bridgehead atoms. The van der Waals surface area contributed by atoms with Gasteiger partial charge in [0.1, 0.15) is 0 Å². The molecule has 1 N–H and O–H groups in total. The van der Waals surface area contributed by atoms with Crippen molar-refractivity contribution < 1.29 is 4.42 Å². The zero-order valence-electron chi connectivity index (χ0n) is 9.83. The number of benzene rings is 1. The van der Waals surface area contributed by atoms with Crippen molar-refractivity contribution in [1.29, 1.82) is 0 Å². The smallest absolute Gasteiger partial charge is 0.248 e. The molecule has 1 aromatic heterocycles. The van der Waals surface area contributed by atoms with Gasteiger partial charge < -0.3 is 9.73 Å². The third-order valence-electron chi connectivity index (χ3n) is 2.35. The Bertz CT molecular complexity index is 510. The molecule has 17 heavy (non-hydrogen) atoms. The predicted octanol–water partition coefficient (Wildman–Crippen LogP) is 2.92. The zero-order chi connectivity index (χ0) is 12.3. The third kappa shape index (κ3) is 2.92. The van der Waals surface area contributed by atoms with Gasteiger partial charge in [-0.3, -0.25) is 0 Å². The summed E-state index contributed by atoms with van der Waals surface area (Å²) < 4.78 is 6.55. The van der Waals surface area contributed by atoms with Crippen LogP contribution < -0.4 is 5.32 Å². The molecule has 0 aliphatic rings. The van der Waals surface area contributed by atoms with E-state index in [2.05, 4.69) is 31.4 Å². The molecule has 1 aromatic carbocycles. The molecule has 90 valence electrons. The van der Waals surface area contributed by atoms with Gasteiger partial charge in [0.2, 0.25) is 11.8 Å². The fourth-order valence-electron chi connectivity index (χ4n) is 1.46. The summed E-state index contributed by atoms with van der Waals surface area (Å²) in [5, 5.41) is 11.2. The van der Waals surface area contributed by atoms with Crippen molar-refractivity contribution in [2.45, 2.75) is 20.4 Å². The molecule has 0 atom stereocenters. The van der Waals surface area contributed by atoms with Gasteiger partial charge in [-0.25, -0.2) is 0 Å². The van der Waals surface area contributed by atoms with E-state index in [1.165, 1.54) is 5.56 Å². The van der Waals surface area contributed by atoms with Gasteiger partial charge in [0.05, 0.1) is 12.1 Å². The first-order chi connectivity index (χ1) is 8.20. The van der Waals surface area contributed by atoms with Crippen molar-refractivity contribution in [2.24, 2.45) is 0 Å². The summed E-state index contributed by atoms with van der Waals surface area (Å²) in [5.74, 6) is 1.15. The van der Waals surface area contributed by atoms with E-state index in [0.29, 0.717) is 18.3 Å². The largest absolute Gasteiger partial charge is 0.419 e. The number of aryl methyl sites for hydroxylation is 1. The number of nitrogens with one attached hydrogen (secondary N) is 1. The lowest BCUT2D eigenvalue weighted by Crippen LogP contribution is -2.11. The van der Waals surface area contributed by atoms with Gasteiger partial charge in [0.15, 0.2) is 0 Å². The van der Waals surface area contributed by atoms with Crippen LogP contribution in [0.4, 0.5) is 0 Å². The van der Waals surface area contributed by atoms with Gasteiger partial charge in [-0.1, -0.05) is 13.0 Å². The summed E-state index contributed by atoms with van der Waals surface area (Å²) in [7, 11) is 0. The van der Waals surface area contributed by atoms with E-state index >= 15 is 0 Å². The summed E-state index contributed by atoms with van der Waals surface area (Å²) >= 11 is 3.50. The predicted molar refractivity (Wildman–Crippen MR) is 69.6 cm³/mol. The van der Waals surface area contributed by atoms with Gasteiger partial charge in [-0.2, -0.15) is 0 Å². The van der Waals surface area contributed by atoms with Crippen LogP contribution >= 0.6 is 15.9 Å². The Labute approximate surface area is 109 Å². The molecule has 0 saturated carbocycles. The molecule has 0 unspecified atom stereocenters. The number of hydrogen-bond donors (Lipinski definition) is 1. The molecule has 2 rings (SSSR count). The van der Waals surface area contributed by atoms with Crippen molar-refractivity contribution in [1.82, 2.24) is 15.5 Å². The molecule has 0 fully saturated rings. The molecular formula is C12H14BrN3O. The lowest BCUT2D eigenvalue weighted by Gasteiger charge is -2.00. The van der Waals surface area contributed by atoms with Gasteiger partial charge in [0, 0.05) is 4.47 Å². The van der Waals surface area contributed by atoms with Crippen molar-refractivity contribution in [3.63, 3.8) is 0 Å². The Morgan fingerprint density at radius 2 is 2.18 bits per heavy atom. The number of rotatable bonds is 4. The van der Waals surface area contributed by atoms with Gasteiger partial charge in [-0.05, 0) is 47.1 Å². The van der Waals surface area contributed by atoms with Crippen LogP contribution in [0.15, 0.2) is 27.1 Å². The highest BCUT2D eigenvalue weighted by atomic mass is 79.9. The zero-order valence-corrected chi connectivity index (χ0v) is 11.4. The number of nitrogens with zero attached hydrogens (tertiary/aromatic N) is 2. The van der Waals surface area contributed by atoms with Gasteiger partial charge in [0.25, 0.3) is 0 Å². The summed E-state index contributed by atoms with van der Waals surface area (Å²) in [6.45, 7) is 5.56. The lowest BCUT2D eigenvalue weighted by atomic mass is 10.1. The standard InChI is InChI=1S/C12H14BrN3O/c1-3-14-7-11-15-16-12(17-11)9-5-4-8(2)6-10(9)13/h4-6,14H,3,7H2,1-2H3. The molecule has 0 amide bonds. The van der Waals surface area contributed by atoms with E-state index in [4.69, 9.17) is 4.42 Å². The molecule has 5 heteroatoms. The maximum absolute atomic E-state index is 5.58. The Balaban J connectivity index is 2.24. The Hall–Kier alpha value is -1.20. The summed E-state index contributed by atoms with van der Waals surface area (Å²) in [6, 6.07) is 6.03. The maximum atomic E-state index is 5.58. The Kier molecular flexibility index (Phi) is 3.91. The van der Waals surface area contributed by atoms with Crippen LogP contribution in [0.25, 0.3) is 11.5 Å².